The highest BCUT2D eigenvalue weighted by Gasteiger charge is 2.20. The Balaban J connectivity index is 2.12. The van der Waals surface area contributed by atoms with E-state index in [2.05, 4.69) is 13.8 Å². The smallest absolute Gasteiger partial charge is 0.0846 e. The Morgan fingerprint density at radius 3 is 2.45 bits per heavy atom. The summed E-state index contributed by atoms with van der Waals surface area (Å²) in [5.74, 6) is 0. The van der Waals surface area contributed by atoms with Gasteiger partial charge >= 0.3 is 0 Å². The Bertz CT molecular complexity index is 95.0. The van der Waals surface area contributed by atoms with Gasteiger partial charge < -0.3 is 4.90 Å². The molecule has 1 nitrogen and oxygen atoms in total. The highest BCUT2D eigenvalue weighted by Crippen LogP contribution is 1.99. The van der Waals surface area contributed by atoms with Gasteiger partial charge in [-0.15, -0.1) is 0 Å². The lowest BCUT2D eigenvalue weighted by Gasteiger charge is -2.20. The minimum atomic E-state index is 0.928. The van der Waals surface area contributed by atoms with Crippen molar-refractivity contribution in [2.75, 3.05) is 13.1 Å². The second-order valence-corrected chi connectivity index (χ2v) is 3.91. The summed E-state index contributed by atoms with van der Waals surface area (Å²) in [5, 5.41) is 0. The van der Waals surface area contributed by atoms with Gasteiger partial charge in [-0.3, -0.25) is 0 Å². The minimum Gasteiger partial charge on any atom is -0.333 e. The third-order valence-corrected chi connectivity index (χ3v) is 2.93. The van der Waals surface area contributed by atoms with Crippen LogP contribution in [0.3, 0.4) is 0 Å². The van der Waals surface area contributed by atoms with E-state index in [1.54, 1.807) is 0 Å². The maximum Gasteiger partial charge on any atom is 0.0846 e. The molecule has 1 atom stereocenters. The van der Waals surface area contributed by atoms with Crippen LogP contribution in [0, 0.1) is 0 Å². The van der Waals surface area contributed by atoms with Crippen LogP contribution in [-0.2, 0) is 0 Å². The Kier molecular flexibility index (Phi) is 3.92. The molecular formula is C10H22N+. The van der Waals surface area contributed by atoms with Gasteiger partial charge in [-0.1, -0.05) is 13.3 Å². The normalized spacial score (nSPS) is 22.4. The van der Waals surface area contributed by atoms with Gasteiger partial charge in [-0.2, -0.15) is 0 Å². The first-order chi connectivity index (χ1) is 5.34. The number of hydrogen-bond donors (Lipinski definition) is 1. The molecule has 1 fully saturated rings. The van der Waals surface area contributed by atoms with Gasteiger partial charge in [0, 0.05) is 12.8 Å². The maximum atomic E-state index is 2.41. The molecule has 0 amide bonds. The molecule has 0 aromatic carbocycles. The summed E-state index contributed by atoms with van der Waals surface area (Å²) >= 11 is 0. The molecule has 66 valence electrons. The fraction of sp³-hybridized carbons (Fsp3) is 1.00. The van der Waals surface area contributed by atoms with Crippen molar-refractivity contribution in [2.45, 2.75) is 52.0 Å². The summed E-state index contributed by atoms with van der Waals surface area (Å²) in [4.78, 5) is 1.86. The average Bonchev–Trinajstić information content (AvgIpc) is 2.52. The lowest BCUT2D eigenvalue weighted by atomic mass is 10.1. The van der Waals surface area contributed by atoms with Gasteiger partial charge in [0.1, 0.15) is 0 Å². The quantitative estimate of drug-likeness (QED) is 0.625. The number of nitrogens with one attached hydrogen (secondary N) is 1. The number of likely N-dealkylation sites (tertiary alicyclic amines) is 1. The number of hydrogen-bond acceptors (Lipinski definition) is 0. The van der Waals surface area contributed by atoms with Crippen LogP contribution in [0.4, 0.5) is 0 Å². The van der Waals surface area contributed by atoms with Crippen LogP contribution in [0.5, 0.6) is 0 Å². The van der Waals surface area contributed by atoms with Gasteiger partial charge in [0.25, 0.3) is 0 Å². The Morgan fingerprint density at radius 2 is 1.91 bits per heavy atom. The molecule has 11 heavy (non-hydrogen) atoms. The molecule has 0 aliphatic carbocycles. The summed E-state index contributed by atoms with van der Waals surface area (Å²) in [7, 11) is 0. The van der Waals surface area contributed by atoms with E-state index in [0.29, 0.717) is 0 Å². The van der Waals surface area contributed by atoms with Crippen LogP contribution in [0.15, 0.2) is 0 Å². The molecule has 1 aliphatic heterocycles. The molecule has 0 radical (unpaired) electrons. The number of rotatable bonds is 4. The summed E-state index contributed by atoms with van der Waals surface area (Å²) in [6.07, 6.45) is 7.14. The van der Waals surface area contributed by atoms with Crippen molar-refractivity contribution in [2.24, 2.45) is 0 Å². The van der Waals surface area contributed by atoms with Crippen molar-refractivity contribution in [1.29, 1.82) is 0 Å². The van der Waals surface area contributed by atoms with Gasteiger partial charge in [-0.25, -0.2) is 0 Å². The van der Waals surface area contributed by atoms with E-state index in [9.17, 15) is 0 Å². The third kappa shape index (κ3) is 2.82. The fourth-order valence-corrected chi connectivity index (χ4v) is 2.04. The Labute approximate surface area is 70.8 Å². The fourth-order valence-electron chi connectivity index (χ4n) is 2.04. The second-order valence-electron chi connectivity index (χ2n) is 3.91. The van der Waals surface area contributed by atoms with Gasteiger partial charge in [0.05, 0.1) is 19.1 Å². The van der Waals surface area contributed by atoms with Crippen molar-refractivity contribution in [3.05, 3.63) is 0 Å². The van der Waals surface area contributed by atoms with E-state index >= 15 is 0 Å². The largest absolute Gasteiger partial charge is 0.333 e. The standard InChI is InChI=1S/C10H21N/c1-3-4-7-10(2)11-8-5-6-9-11/h10H,3-9H2,1-2H3/p+1. The molecule has 1 saturated heterocycles. The van der Waals surface area contributed by atoms with Crippen LogP contribution in [-0.4, -0.2) is 19.1 Å². The zero-order chi connectivity index (χ0) is 8.10. The third-order valence-electron chi connectivity index (χ3n) is 2.93. The SMILES string of the molecule is CCCCC(C)[NH+]1CCCC1. The van der Waals surface area contributed by atoms with Crippen molar-refractivity contribution >= 4 is 0 Å². The van der Waals surface area contributed by atoms with E-state index < -0.39 is 0 Å². The monoisotopic (exact) mass is 156 g/mol. The van der Waals surface area contributed by atoms with Crippen LogP contribution in [0.25, 0.3) is 0 Å². The summed E-state index contributed by atoms with van der Waals surface area (Å²) in [6.45, 7) is 7.57. The van der Waals surface area contributed by atoms with Crippen LogP contribution >= 0.6 is 0 Å². The maximum absolute atomic E-state index is 2.41. The second kappa shape index (κ2) is 4.76. The van der Waals surface area contributed by atoms with Gasteiger partial charge in [0.15, 0.2) is 0 Å². The van der Waals surface area contributed by atoms with Gasteiger partial charge in [-0.05, 0) is 19.8 Å². The average molecular weight is 156 g/mol. The first-order valence-corrected chi connectivity index (χ1v) is 5.19. The van der Waals surface area contributed by atoms with Gasteiger partial charge in [0.2, 0.25) is 0 Å². The van der Waals surface area contributed by atoms with E-state index in [4.69, 9.17) is 0 Å². The molecular weight excluding hydrogens is 134 g/mol. The Morgan fingerprint density at radius 1 is 1.27 bits per heavy atom. The van der Waals surface area contributed by atoms with E-state index in [1.807, 2.05) is 4.90 Å². The predicted molar refractivity (Wildman–Crippen MR) is 48.9 cm³/mol. The van der Waals surface area contributed by atoms with E-state index in [0.717, 1.165) is 6.04 Å². The van der Waals surface area contributed by atoms with E-state index in [-0.39, 0.29) is 0 Å². The number of unbranched alkanes of at least 4 members (excludes halogenated alkanes) is 1. The van der Waals surface area contributed by atoms with Crippen molar-refractivity contribution in [3.63, 3.8) is 0 Å². The zero-order valence-corrected chi connectivity index (χ0v) is 8.03. The molecule has 1 heteroatoms. The number of quaternary nitrogens is 1. The minimum absolute atomic E-state index is 0.928. The molecule has 1 aliphatic rings. The van der Waals surface area contributed by atoms with Crippen LogP contribution in [0.2, 0.25) is 0 Å². The molecule has 0 saturated carbocycles. The van der Waals surface area contributed by atoms with Crippen LogP contribution < -0.4 is 4.90 Å². The zero-order valence-electron chi connectivity index (χ0n) is 8.03. The summed E-state index contributed by atoms with van der Waals surface area (Å²) < 4.78 is 0. The molecule has 1 rings (SSSR count). The molecule has 0 spiro atoms. The summed E-state index contributed by atoms with van der Waals surface area (Å²) in [5.41, 5.74) is 0. The molecule has 0 aromatic heterocycles. The molecule has 0 aromatic rings. The first kappa shape index (κ1) is 9.05. The van der Waals surface area contributed by atoms with Crippen LogP contribution in [0.1, 0.15) is 46.0 Å². The van der Waals surface area contributed by atoms with E-state index in [1.165, 1.54) is 45.2 Å². The van der Waals surface area contributed by atoms with Crippen molar-refractivity contribution in [1.82, 2.24) is 0 Å². The summed E-state index contributed by atoms with van der Waals surface area (Å²) in [6, 6.07) is 0.928. The molecule has 1 unspecified atom stereocenters. The molecule has 1 heterocycles. The molecule has 1 N–H and O–H groups in total. The first-order valence-electron chi connectivity index (χ1n) is 5.19. The topological polar surface area (TPSA) is 4.44 Å². The van der Waals surface area contributed by atoms with Crippen molar-refractivity contribution < 1.29 is 4.90 Å². The predicted octanol–water partition coefficient (Wildman–Crippen LogP) is 1.24. The van der Waals surface area contributed by atoms with Crippen molar-refractivity contribution in [3.8, 4) is 0 Å². The Hall–Kier alpha value is -0.0400. The molecule has 0 bridgehead atoms. The highest BCUT2D eigenvalue weighted by atomic mass is 15.2. The lowest BCUT2D eigenvalue weighted by Crippen LogP contribution is -3.13. The highest BCUT2D eigenvalue weighted by molar-refractivity contribution is 4.53. The lowest BCUT2D eigenvalue weighted by molar-refractivity contribution is -0.911.